The maximum Gasteiger partial charge on any atom is 0.403 e. The first-order valence-electron chi connectivity index (χ1n) is 11.0. The number of aryl methyl sites for hydroxylation is 1. The highest BCUT2D eigenvalue weighted by Crippen LogP contribution is 2.42. The molecule has 0 N–H and O–H groups in total. The van der Waals surface area contributed by atoms with Gasteiger partial charge in [0.05, 0.1) is 23.5 Å². The largest absolute Gasteiger partial charge is 0.458 e. The lowest BCUT2D eigenvalue weighted by molar-refractivity contribution is -0.706. The summed E-state index contributed by atoms with van der Waals surface area (Å²) in [5, 5.41) is 2.45. The highest BCUT2D eigenvalue weighted by molar-refractivity contribution is 5.94. The van der Waals surface area contributed by atoms with Crippen LogP contribution in [0.1, 0.15) is 34.4 Å². The summed E-state index contributed by atoms with van der Waals surface area (Å²) in [6, 6.07) is 24.8. The summed E-state index contributed by atoms with van der Waals surface area (Å²) in [6.07, 6.45) is 6.73. The van der Waals surface area contributed by atoms with Crippen LogP contribution in [0.15, 0.2) is 97.8 Å². The molecule has 0 aliphatic carbocycles. The van der Waals surface area contributed by atoms with Crippen molar-refractivity contribution < 1.29 is 18.7 Å². The molecule has 4 nitrogen and oxygen atoms in total. The molecule has 158 valence electrons. The van der Waals surface area contributed by atoms with E-state index in [0.717, 1.165) is 6.42 Å². The van der Waals surface area contributed by atoms with E-state index in [1.54, 1.807) is 10.6 Å². The number of hydrogen-bond donors (Lipinski definition) is 0. The normalized spacial score (nSPS) is 16.8. The molecule has 4 heteroatoms. The summed E-state index contributed by atoms with van der Waals surface area (Å²) < 4.78 is 9.77. The van der Waals surface area contributed by atoms with Crippen LogP contribution in [0, 0.1) is 0 Å². The van der Waals surface area contributed by atoms with Crippen molar-refractivity contribution in [2.75, 3.05) is 6.61 Å². The minimum absolute atomic E-state index is 0.0797. The second kappa shape index (κ2) is 8.39. The van der Waals surface area contributed by atoms with Crippen molar-refractivity contribution in [2.45, 2.75) is 18.4 Å². The van der Waals surface area contributed by atoms with Gasteiger partial charge in [0.1, 0.15) is 7.05 Å². The summed E-state index contributed by atoms with van der Waals surface area (Å²) in [6.45, 7) is 4.50. The van der Waals surface area contributed by atoms with Crippen molar-refractivity contribution in [3.8, 4) is 11.3 Å². The van der Waals surface area contributed by atoms with Gasteiger partial charge in [0, 0.05) is 18.2 Å². The van der Waals surface area contributed by atoms with Gasteiger partial charge in [-0.05, 0) is 41.6 Å². The molecule has 1 aliphatic rings. The molecular weight excluding hydrogens is 396 g/mol. The monoisotopic (exact) mass is 422 g/mol. The minimum atomic E-state index is -0.300. The van der Waals surface area contributed by atoms with Gasteiger partial charge in [-0.2, -0.15) is 9.13 Å². The highest BCUT2D eigenvalue weighted by Gasteiger charge is 2.39. The molecule has 0 bridgehead atoms. The number of pyridine rings is 2. The summed E-state index contributed by atoms with van der Waals surface area (Å²) in [5.41, 5.74) is 4.26. The van der Waals surface area contributed by atoms with E-state index in [2.05, 4.69) is 71.9 Å². The number of ether oxygens (including phenoxy) is 1. The van der Waals surface area contributed by atoms with Crippen LogP contribution < -0.4 is 9.13 Å². The predicted molar refractivity (Wildman–Crippen MR) is 124 cm³/mol. The number of nitrogens with zero attached hydrogens (tertiary/aromatic N) is 2. The van der Waals surface area contributed by atoms with E-state index in [0.29, 0.717) is 12.3 Å². The summed E-state index contributed by atoms with van der Waals surface area (Å²) in [7, 11) is 1.85. The Hall–Kier alpha value is -3.79. The second-order valence-electron chi connectivity index (χ2n) is 8.20. The molecule has 0 spiro atoms. The molecule has 0 radical (unpaired) electrons. The Bertz CT molecular complexity index is 1330. The quantitative estimate of drug-likeness (QED) is 0.266. The Morgan fingerprint density at radius 3 is 2.62 bits per heavy atom. The van der Waals surface area contributed by atoms with E-state index >= 15 is 0 Å². The van der Waals surface area contributed by atoms with Crippen LogP contribution in [0.2, 0.25) is 0 Å². The Balaban J connectivity index is 1.48. The van der Waals surface area contributed by atoms with Crippen LogP contribution in [0.5, 0.6) is 0 Å². The Labute approximate surface area is 188 Å². The van der Waals surface area contributed by atoms with Gasteiger partial charge in [-0.15, -0.1) is 0 Å². The third-order valence-electron chi connectivity index (χ3n) is 6.41. The van der Waals surface area contributed by atoms with Crippen LogP contribution in [0.25, 0.3) is 22.0 Å². The van der Waals surface area contributed by atoms with Crippen LogP contribution in [0.4, 0.5) is 0 Å². The maximum absolute atomic E-state index is 12.6. The predicted octanol–water partition coefficient (Wildman–Crippen LogP) is 4.69. The van der Waals surface area contributed by atoms with Crippen molar-refractivity contribution in [1.29, 1.82) is 0 Å². The molecule has 5 rings (SSSR count). The van der Waals surface area contributed by atoms with E-state index in [1.807, 2.05) is 31.5 Å². The fourth-order valence-corrected chi connectivity index (χ4v) is 4.87. The third-order valence-corrected chi connectivity index (χ3v) is 6.41. The molecule has 2 aromatic carbocycles. The number of carbonyl (C=O) groups is 1. The average Bonchev–Trinajstić information content (AvgIpc) is 2.83. The lowest BCUT2D eigenvalue weighted by Crippen LogP contribution is -2.46. The molecule has 4 aromatic rings. The number of esters is 1. The van der Waals surface area contributed by atoms with Gasteiger partial charge in [0.2, 0.25) is 5.69 Å². The summed E-state index contributed by atoms with van der Waals surface area (Å²) >= 11 is 0. The number of benzene rings is 2. The topological polar surface area (TPSA) is 34.1 Å². The van der Waals surface area contributed by atoms with Crippen molar-refractivity contribution in [1.82, 2.24) is 0 Å². The molecule has 0 amide bonds. The standard InChI is InChI=1S/C28H26N2O2/c1-3-25-23(16-19-32-28(31)26-14-8-9-17-29(26)2)22-12-6-7-13-24(22)27-21-11-5-4-10-20(21)15-18-30(25)27/h3-15,17-18,23,25H,1,16,19H2,2H3/q+2. The lowest BCUT2D eigenvalue weighted by Gasteiger charge is -2.29. The van der Waals surface area contributed by atoms with Gasteiger partial charge < -0.3 is 4.74 Å². The first-order chi connectivity index (χ1) is 15.7. The van der Waals surface area contributed by atoms with Gasteiger partial charge >= 0.3 is 5.97 Å². The summed E-state index contributed by atoms with van der Waals surface area (Å²) in [5.74, 6) is -0.133. The zero-order chi connectivity index (χ0) is 22.1. The summed E-state index contributed by atoms with van der Waals surface area (Å²) in [4.78, 5) is 12.6. The van der Waals surface area contributed by atoms with Gasteiger partial charge in [-0.25, -0.2) is 4.79 Å². The fraction of sp³-hybridized carbons (Fsp3) is 0.179. The molecule has 2 unspecified atom stereocenters. The SMILES string of the molecule is C=CC1C(CCOC(=O)c2cccc[n+]2C)c2ccccc2-c2c3ccccc3cc[n+]21. The van der Waals surface area contributed by atoms with Crippen LogP contribution in [-0.4, -0.2) is 12.6 Å². The van der Waals surface area contributed by atoms with Gasteiger partial charge in [-0.1, -0.05) is 43.0 Å². The first-order valence-corrected chi connectivity index (χ1v) is 11.0. The molecule has 1 aliphatic heterocycles. The van der Waals surface area contributed by atoms with E-state index in [9.17, 15) is 4.79 Å². The molecule has 0 saturated carbocycles. The molecule has 0 saturated heterocycles. The Kier molecular flexibility index (Phi) is 5.28. The molecule has 32 heavy (non-hydrogen) atoms. The number of carbonyl (C=O) groups excluding carboxylic acids is 1. The van der Waals surface area contributed by atoms with Crippen LogP contribution in [-0.2, 0) is 11.8 Å². The maximum atomic E-state index is 12.6. The fourth-order valence-electron chi connectivity index (χ4n) is 4.87. The van der Waals surface area contributed by atoms with Crippen molar-refractivity contribution >= 4 is 16.7 Å². The minimum Gasteiger partial charge on any atom is -0.458 e. The lowest BCUT2D eigenvalue weighted by atomic mass is 9.80. The smallest absolute Gasteiger partial charge is 0.403 e. The molecule has 0 fully saturated rings. The third kappa shape index (κ3) is 3.38. The zero-order valence-electron chi connectivity index (χ0n) is 18.1. The molecule has 3 heterocycles. The van der Waals surface area contributed by atoms with Gasteiger partial charge in [-0.3, -0.25) is 0 Å². The number of allylic oxidation sites excluding steroid dienone is 1. The van der Waals surface area contributed by atoms with Gasteiger partial charge in [0.15, 0.2) is 18.4 Å². The number of aromatic nitrogens is 2. The number of fused-ring (bicyclic) bond motifs is 5. The Morgan fingerprint density at radius 1 is 1.00 bits per heavy atom. The second-order valence-corrected chi connectivity index (χ2v) is 8.20. The molecule has 2 atom stereocenters. The average molecular weight is 423 g/mol. The first kappa shape index (κ1) is 20.1. The molecule has 2 aromatic heterocycles. The zero-order valence-corrected chi connectivity index (χ0v) is 18.1. The number of hydrogen-bond acceptors (Lipinski definition) is 2. The van der Waals surface area contributed by atoms with E-state index in [-0.39, 0.29) is 17.9 Å². The van der Waals surface area contributed by atoms with Crippen LogP contribution in [0.3, 0.4) is 0 Å². The van der Waals surface area contributed by atoms with E-state index in [1.165, 1.54) is 27.6 Å². The van der Waals surface area contributed by atoms with E-state index in [4.69, 9.17) is 4.74 Å². The van der Waals surface area contributed by atoms with Crippen LogP contribution >= 0.6 is 0 Å². The molecular formula is C28H26N2O2+2. The Morgan fingerprint density at radius 2 is 1.78 bits per heavy atom. The van der Waals surface area contributed by atoms with Crippen molar-refractivity contribution in [3.05, 3.63) is 109 Å². The van der Waals surface area contributed by atoms with Crippen molar-refractivity contribution in [3.63, 3.8) is 0 Å². The highest BCUT2D eigenvalue weighted by atomic mass is 16.5. The van der Waals surface area contributed by atoms with Gasteiger partial charge in [0.25, 0.3) is 5.69 Å². The number of rotatable bonds is 5. The van der Waals surface area contributed by atoms with E-state index < -0.39 is 0 Å². The van der Waals surface area contributed by atoms with Crippen molar-refractivity contribution in [2.24, 2.45) is 7.05 Å².